The third kappa shape index (κ3) is 5.02. The van der Waals surface area contributed by atoms with Crippen LogP contribution in [-0.4, -0.2) is 5.91 Å². The molecule has 3 aromatic rings. The largest absolute Gasteiger partial charge is 0.321 e. The van der Waals surface area contributed by atoms with Gasteiger partial charge in [-0.3, -0.25) is 4.79 Å². The summed E-state index contributed by atoms with van der Waals surface area (Å²) >= 11 is 13.8. The molecule has 126 valence electrons. The number of hydrogen-bond donors (Lipinski definition) is 1. The van der Waals surface area contributed by atoms with Crippen molar-refractivity contribution in [3.05, 3.63) is 94.0 Å². The van der Waals surface area contributed by atoms with Gasteiger partial charge in [0.05, 0.1) is 10.7 Å². The van der Waals surface area contributed by atoms with Crippen LogP contribution in [0.1, 0.15) is 15.9 Å². The average Bonchev–Trinajstić information content (AvgIpc) is 2.64. The van der Waals surface area contributed by atoms with Crippen LogP contribution in [0.15, 0.2) is 77.7 Å². The third-order valence-corrected chi connectivity index (χ3v) is 5.19. The fourth-order valence-corrected chi connectivity index (χ4v) is 3.44. The Balaban J connectivity index is 1.63. The van der Waals surface area contributed by atoms with Crippen molar-refractivity contribution in [2.24, 2.45) is 0 Å². The molecule has 2 nitrogen and oxygen atoms in total. The quantitative estimate of drug-likeness (QED) is 0.503. The number of rotatable bonds is 5. The lowest BCUT2D eigenvalue weighted by Gasteiger charge is -2.08. The highest BCUT2D eigenvalue weighted by Crippen LogP contribution is 2.26. The molecule has 0 unspecified atom stereocenters. The summed E-state index contributed by atoms with van der Waals surface area (Å²) in [4.78, 5) is 13.6. The van der Waals surface area contributed by atoms with Crippen molar-refractivity contribution in [2.75, 3.05) is 5.32 Å². The minimum Gasteiger partial charge on any atom is -0.321 e. The maximum Gasteiger partial charge on any atom is 0.255 e. The second kappa shape index (κ2) is 8.43. The lowest BCUT2D eigenvalue weighted by atomic mass is 10.1. The van der Waals surface area contributed by atoms with Crippen LogP contribution in [0.3, 0.4) is 0 Å². The van der Waals surface area contributed by atoms with E-state index in [1.165, 1.54) is 4.90 Å². The zero-order valence-electron chi connectivity index (χ0n) is 13.2. The van der Waals surface area contributed by atoms with E-state index in [1.54, 1.807) is 30.0 Å². The van der Waals surface area contributed by atoms with Gasteiger partial charge in [0.25, 0.3) is 5.91 Å². The summed E-state index contributed by atoms with van der Waals surface area (Å²) in [6, 6.07) is 22.7. The van der Waals surface area contributed by atoms with Gasteiger partial charge in [0.15, 0.2) is 0 Å². The zero-order chi connectivity index (χ0) is 17.6. The van der Waals surface area contributed by atoms with Crippen molar-refractivity contribution < 1.29 is 4.79 Å². The Morgan fingerprint density at radius 1 is 0.920 bits per heavy atom. The van der Waals surface area contributed by atoms with Gasteiger partial charge in [-0.05, 0) is 48.0 Å². The van der Waals surface area contributed by atoms with Crippen LogP contribution >= 0.6 is 35.0 Å². The van der Waals surface area contributed by atoms with Crippen molar-refractivity contribution in [1.82, 2.24) is 0 Å². The Bertz CT molecular complexity index is 867. The Kier molecular flexibility index (Phi) is 6.03. The smallest absolute Gasteiger partial charge is 0.255 e. The minimum atomic E-state index is -0.216. The number of halogens is 2. The molecular weight excluding hydrogens is 373 g/mol. The van der Waals surface area contributed by atoms with Crippen molar-refractivity contribution >= 4 is 46.6 Å². The first kappa shape index (κ1) is 17.9. The number of benzene rings is 3. The summed E-state index contributed by atoms with van der Waals surface area (Å²) in [5.74, 6) is 0.637. The molecule has 0 radical (unpaired) electrons. The Hall–Kier alpha value is -1.94. The summed E-state index contributed by atoms with van der Waals surface area (Å²) in [5.41, 5.74) is 2.23. The highest BCUT2D eigenvalue weighted by Gasteiger charge is 2.09. The van der Waals surface area contributed by atoms with E-state index in [9.17, 15) is 4.79 Å². The molecule has 0 fully saturated rings. The molecule has 0 atom stereocenters. The van der Waals surface area contributed by atoms with Crippen LogP contribution < -0.4 is 5.32 Å². The lowest BCUT2D eigenvalue weighted by Crippen LogP contribution is -2.12. The third-order valence-electron chi connectivity index (χ3n) is 3.54. The van der Waals surface area contributed by atoms with Crippen molar-refractivity contribution in [2.45, 2.75) is 10.6 Å². The van der Waals surface area contributed by atoms with Gasteiger partial charge < -0.3 is 5.32 Å². The van der Waals surface area contributed by atoms with E-state index in [4.69, 9.17) is 23.2 Å². The van der Waals surface area contributed by atoms with Gasteiger partial charge in [-0.25, -0.2) is 0 Å². The SMILES string of the molecule is O=C(Nc1cc(Cl)ccc1Cl)c1ccc(CSc2ccccc2)cc1. The van der Waals surface area contributed by atoms with Gasteiger partial charge in [-0.1, -0.05) is 53.5 Å². The van der Waals surface area contributed by atoms with Crippen LogP contribution in [-0.2, 0) is 5.75 Å². The molecule has 0 aliphatic carbocycles. The monoisotopic (exact) mass is 387 g/mol. The van der Waals surface area contributed by atoms with Crippen molar-refractivity contribution in [1.29, 1.82) is 0 Å². The first-order chi connectivity index (χ1) is 12.1. The number of carbonyl (C=O) groups excluding carboxylic acids is 1. The fraction of sp³-hybridized carbons (Fsp3) is 0.0500. The van der Waals surface area contributed by atoms with E-state index in [0.717, 1.165) is 11.3 Å². The van der Waals surface area contributed by atoms with Crippen molar-refractivity contribution in [3.8, 4) is 0 Å². The molecule has 1 N–H and O–H groups in total. The van der Waals surface area contributed by atoms with E-state index >= 15 is 0 Å². The maximum atomic E-state index is 12.4. The Labute approximate surface area is 161 Å². The number of hydrogen-bond acceptors (Lipinski definition) is 2. The van der Waals surface area contributed by atoms with Gasteiger partial charge >= 0.3 is 0 Å². The average molecular weight is 388 g/mol. The number of thioether (sulfide) groups is 1. The van der Waals surface area contributed by atoms with Gasteiger partial charge in [-0.2, -0.15) is 0 Å². The van der Waals surface area contributed by atoms with Crippen LogP contribution in [0.25, 0.3) is 0 Å². The summed E-state index contributed by atoms with van der Waals surface area (Å²) in [5, 5.41) is 3.76. The molecule has 0 heterocycles. The molecule has 25 heavy (non-hydrogen) atoms. The van der Waals surface area contributed by atoms with Crippen LogP contribution in [0.2, 0.25) is 10.0 Å². The zero-order valence-corrected chi connectivity index (χ0v) is 15.5. The molecule has 3 aromatic carbocycles. The maximum absolute atomic E-state index is 12.4. The van der Waals surface area contributed by atoms with Crippen LogP contribution in [0.4, 0.5) is 5.69 Å². The number of carbonyl (C=O) groups is 1. The normalized spacial score (nSPS) is 10.5. The second-order valence-corrected chi connectivity index (χ2v) is 7.27. The molecule has 0 saturated heterocycles. The lowest BCUT2D eigenvalue weighted by molar-refractivity contribution is 0.102. The predicted octanol–water partition coefficient (Wildman–Crippen LogP) is 6.54. The molecule has 0 spiro atoms. The Morgan fingerprint density at radius 3 is 2.36 bits per heavy atom. The number of anilines is 1. The molecule has 1 amide bonds. The van der Waals surface area contributed by atoms with Crippen molar-refractivity contribution in [3.63, 3.8) is 0 Å². The van der Waals surface area contributed by atoms with Gasteiger partial charge in [0, 0.05) is 21.2 Å². The first-order valence-corrected chi connectivity index (χ1v) is 9.39. The number of amides is 1. The van der Waals surface area contributed by atoms with E-state index < -0.39 is 0 Å². The molecule has 5 heteroatoms. The molecule has 0 aromatic heterocycles. The van der Waals surface area contributed by atoms with E-state index in [2.05, 4.69) is 17.4 Å². The highest BCUT2D eigenvalue weighted by molar-refractivity contribution is 7.98. The molecular formula is C20H15Cl2NOS. The summed E-state index contributed by atoms with van der Waals surface area (Å²) in [7, 11) is 0. The molecule has 0 saturated carbocycles. The summed E-state index contributed by atoms with van der Waals surface area (Å²) in [6.07, 6.45) is 0. The molecule has 0 bridgehead atoms. The molecule has 0 aliphatic rings. The first-order valence-electron chi connectivity index (χ1n) is 7.65. The summed E-state index contributed by atoms with van der Waals surface area (Å²) < 4.78 is 0. The molecule has 0 aliphatic heterocycles. The second-order valence-electron chi connectivity index (χ2n) is 5.38. The van der Waals surface area contributed by atoms with E-state index in [-0.39, 0.29) is 5.91 Å². The predicted molar refractivity (Wildman–Crippen MR) is 107 cm³/mol. The van der Waals surface area contributed by atoms with Crippen LogP contribution in [0, 0.1) is 0 Å². The highest BCUT2D eigenvalue weighted by atomic mass is 35.5. The van der Waals surface area contributed by atoms with E-state index in [1.807, 2.05) is 42.5 Å². The summed E-state index contributed by atoms with van der Waals surface area (Å²) in [6.45, 7) is 0. The van der Waals surface area contributed by atoms with Gasteiger partial charge in [-0.15, -0.1) is 11.8 Å². The Morgan fingerprint density at radius 2 is 1.64 bits per heavy atom. The minimum absolute atomic E-state index is 0.216. The standard InChI is InChI=1S/C20H15Cl2NOS/c21-16-10-11-18(22)19(12-16)23-20(24)15-8-6-14(7-9-15)13-25-17-4-2-1-3-5-17/h1-12H,13H2,(H,23,24). The number of nitrogens with one attached hydrogen (secondary N) is 1. The topological polar surface area (TPSA) is 29.1 Å². The van der Waals surface area contributed by atoms with Crippen LogP contribution in [0.5, 0.6) is 0 Å². The molecule has 3 rings (SSSR count). The van der Waals surface area contributed by atoms with E-state index in [0.29, 0.717) is 21.3 Å². The van der Waals surface area contributed by atoms with Gasteiger partial charge in [0.1, 0.15) is 0 Å². The van der Waals surface area contributed by atoms with Gasteiger partial charge in [0.2, 0.25) is 0 Å². The fourth-order valence-electron chi connectivity index (χ4n) is 2.22.